The highest BCUT2D eigenvalue weighted by molar-refractivity contribution is 6.30. The molecule has 3 unspecified atom stereocenters. The number of hydrogen-bond donors (Lipinski definition) is 3. The average molecular weight is 606 g/mol. The Balaban J connectivity index is 1.34. The lowest BCUT2D eigenvalue weighted by atomic mass is 9.60. The molecule has 1 aliphatic heterocycles. The van der Waals surface area contributed by atoms with Crippen molar-refractivity contribution in [3.05, 3.63) is 75.8 Å². The van der Waals surface area contributed by atoms with Crippen molar-refractivity contribution in [3.63, 3.8) is 0 Å². The molecule has 2 aromatic carbocycles. The van der Waals surface area contributed by atoms with E-state index in [0.29, 0.717) is 46.2 Å². The zero-order chi connectivity index (χ0) is 31.4. The van der Waals surface area contributed by atoms with Gasteiger partial charge >= 0.3 is 11.9 Å². The molecule has 226 valence electrons. The lowest BCUT2D eigenvalue weighted by Gasteiger charge is -2.39. The predicted molar refractivity (Wildman–Crippen MR) is 165 cm³/mol. The van der Waals surface area contributed by atoms with Gasteiger partial charge in [0, 0.05) is 53.4 Å². The molecule has 10 nitrogen and oxygen atoms in total. The first-order valence-electron chi connectivity index (χ1n) is 14.4. The summed E-state index contributed by atoms with van der Waals surface area (Å²) in [5, 5.41) is 14.1. The van der Waals surface area contributed by atoms with Crippen molar-refractivity contribution in [3.8, 4) is 5.69 Å². The fourth-order valence-electron chi connectivity index (χ4n) is 6.71. The summed E-state index contributed by atoms with van der Waals surface area (Å²) in [7, 11) is 0. The molecule has 3 N–H and O–H groups in total. The van der Waals surface area contributed by atoms with Crippen LogP contribution in [0.2, 0.25) is 5.02 Å². The van der Waals surface area contributed by atoms with Crippen LogP contribution in [0.4, 0.5) is 16.3 Å². The summed E-state index contributed by atoms with van der Waals surface area (Å²) in [6.07, 6.45) is 1.10. The third-order valence-electron chi connectivity index (χ3n) is 8.49. The Morgan fingerprint density at radius 2 is 1.70 bits per heavy atom. The monoisotopic (exact) mass is 605 g/mol. The van der Waals surface area contributed by atoms with Crippen molar-refractivity contribution in [1.29, 1.82) is 0 Å². The molecule has 5 rings (SSSR count). The van der Waals surface area contributed by atoms with Gasteiger partial charge in [0.2, 0.25) is 11.4 Å². The van der Waals surface area contributed by atoms with Crippen molar-refractivity contribution >= 4 is 41.0 Å². The number of aromatic nitrogens is 2. The van der Waals surface area contributed by atoms with Crippen LogP contribution >= 0.6 is 11.6 Å². The quantitative estimate of drug-likeness (QED) is 0.282. The number of nitrogens with one attached hydrogen (secondary N) is 3. The van der Waals surface area contributed by atoms with E-state index in [4.69, 9.17) is 16.7 Å². The zero-order valence-corrected chi connectivity index (χ0v) is 26.1. The van der Waals surface area contributed by atoms with Gasteiger partial charge < -0.3 is 10.6 Å². The molecule has 1 aliphatic carbocycles. The highest BCUT2D eigenvalue weighted by Gasteiger charge is 2.72. The fraction of sp³-hybridized carbons (Fsp3) is 0.438. The Bertz CT molecular complexity index is 1600. The number of amides is 4. The smallest absolute Gasteiger partial charge is 0.352 e. The third-order valence-corrected chi connectivity index (χ3v) is 8.74. The summed E-state index contributed by atoms with van der Waals surface area (Å²) in [5.41, 5.74) is 0.0674. The molecule has 1 aromatic heterocycles. The van der Waals surface area contributed by atoms with Crippen LogP contribution in [0.15, 0.2) is 54.6 Å². The molecule has 2 fully saturated rings. The largest absolute Gasteiger partial charge is 0.439 e. The molecule has 2 bridgehead atoms. The number of nitroso groups, excluding NO2 is 1. The van der Waals surface area contributed by atoms with Gasteiger partial charge in [0.1, 0.15) is 11.2 Å². The van der Waals surface area contributed by atoms with Crippen molar-refractivity contribution in [1.82, 2.24) is 15.1 Å². The van der Waals surface area contributed by atoms with E-state index in [2.05, 4.69) is 16.0 Å². The molecule has 2 aliphatic rings. The average Bonchev–Trinajstić information content (AvgIpc) is 3.40. The van der Waals surface area contributed by atoms with Crippen LogP contribution in [0.5, 0.6) is 0 Å². The van der Waals surface area contributed by atoms with Crippen molar-refractivity contribution < 1.29 is 19.1 Å². The van der Waals surface area contributed by atoms with Gasteiger partial charge in [-0.1, -0.05) is 51.4 Å². The normalized spacial score (nSPS) is 25.0. The number of rotatable bonds is 6. The van der Waals surface area contributed by atoms with E-state index >= 15 is 0 Å². The summed E-state index contributed by atoms with van der Waals surface area (Å²) in [4.78, 5) is 51.7. The minimum absolute atomic E-state index is 0.187. The van der Waals surface area contributed by atoms with Gasteiger partial charge in [-0.05, 0) is 55.3 Å². The van der Waals surface area contributed by atoms with Crippen LogP contribution in [0, 0.1) is 15.7 Å². The Kier molecular flexibility index (Phi) is 7.49. The molecule has 0 radical (unpaired) electrons. The van der Waals surface area contributed by atoms with E-state index < -0.39 is 28.3 Å². The molecule has 43 heavy (non-hydrogen) atoms. The zero-order valence-electron chi connectivity index (χ0n) is 25.4. The van der Waals surface area contributed by atoms with Gasteiger partial charge in [0.05, 0.1) is 21.6 Å². The number of carbonyl (C=O) groups excluding carboxylic acids is 3. The molecule has 0 spiro atoms. The van der Waals surface area contributed by atoms with Crippen LogP contribution in [0.25, 0.3) is 5.69 Å². The lowest BCUT2D eigenvalue weighted by Crippen LogP contribution is -2.50. The van der Waals surface area contributed by atoms with Crippen LogP contribution in [0.3, 0.4) is 0 Å². The fourth-order valence-corrected chi connectivity index (χ4v) is 6.84. The Morgan fingerprint density at radius 1 is 1.00 bits per heavy atom. The van der Waals surface area contributed by atoms with E-state index in [-0.39, 0.29) is 17.9 Å². The number of fused-ring (bicyclic) bond motifs is 2. The number of halogens is 1. The van der Waals surface area contributed by atoms with Gasteiger partial charge in [-0.25, -0.2) is 14.3 Å². The minimum atomic E-state index is -0.885. The van der Waals surface area contributed by atoms with Gasteiger partial charge in [-0.15, -0.1) is 0 Å². The molecule has 2 heterocycles. The van der Waals surface area contributed by atoms with E-state index in [1.807, 2.05) is 58.0 Å². The number of hydrogen-bond acceptors (Lipinski definition) is 5. The third kappa shape index (κ3) is 5.93. The topological polar surface area (TPSA) is 125 Å². The number of urea groups is 1. The highest BCUT2D eigenvalue weighted by atomic mass is 35.5. The molecule has 11 heteroatoms. The first-order chi connectivity index (χ1) is 20.0. The second-order valence-electron chi connectivity index (χ2n) is 13.8. The molecular formula is C32H38ClN6O4+. The Morgan fingerprint density at radius 3 is 2.35 bits per heavy atom. The summed E-state index contributed by atoms with van der Waals surface area (Å²) < 4.78 is 2.26. The molecular weight excluding hydrogens is 568 g/mol. The summed E-state index contributed by atoms with van der Waals surface area (Å²) in [5.74, 6) is -0.135. The second-order valence-corrected chi connectivity index (χ2v) is 14.2. The van der Waals surface area contributed by atoms with Gasteiger partial charge in [0.25, 0.3) is 0 Å². The van der Waals surface area contributed by atoms with Crippen LogP contribution in [-0.4, -0.2) is 37.9 Å². The van der Waals surface area contributed by atoms with Crippen LogP contribution < -0.4 is 16.0 Å². The Hall–Kier alpha value is -4.05. The van der Waals surface area contributed by atoms with E-state index in [1.54, 1.807) is 42.8 Å². The van der Waals surface area contributed by atoms with Gasteiger partial charge in [-0.3, -0.25) is 10.1 Å². The number of carbonyl (C=O) groups is 3. The summed E-state index contributed by atoms with van der Waals surface area (Å²) >= 11 is 5.96. The van der Waals surface area contributed by atoms with Crippen molar-refractivity contribution in [2.24, 2.45) is 10.8 Å². The number of nitrogens with zero attached hydrogens (tertiary/aromatic N) is 3. The maximum atomic E-state index is 13.5. The second kappa shape index (κ2) is 10.6. The van der Waals surface area contributed by atoms with Gasteiger partial charge in [0.15, 0.2) is 0 Å². The van der Waals surface area contributed by atoms with Gasteiger partial charge in [-0.2, -0.15) is 5.10 Å². The standard InChI is InChI=1S/C32H37ClN6O4/c1-29(2,3)24-15-25(36-28(42)35-22-12-10-21(33)11-13-22)38(37-24)23-9-7-8-20(14-23)16-34-26(40)30(4)17-31(5)19-32(6,18-30)39(43)27(31)41/h7-15H,16-19H2,1-6H3,(H2-,34,35,36,37,40,42)/p+1. The van der Waals surface area contributed by atoms with Crippen molar-refractivity contribution in [2.45, 2.75) is 78.3 Å². The minimum Gasteiger partial charge on any atom is -0.352 e. The molecule has 3 atom stereocenters. The van der Waals surface area contributed by atoms with Crippen molar-refractivity contribution in [2.75, 3.05) is 10.6 Å². The molecule has 1 saturated heterocycles. The molecule has 4 amide bonds. The van der Waals surface area contributed by atoms with Crippen LogP contribution in [0.1, 0.15) is 72.1 Å². The summed E-state index contributed by atoms with van der Waals surface area (Å²) in [6.45, 7) is 11.8. The molecule has 1 saturated carbocycles. The highest BCUT2D eigenvalue weighted by Crippen LogP contribution is 2.57. The van der Waals surface area contributed by atoms with E-state index in [9.17, 15) is 19.3 Å². The van der Waals surface area contributed by atoms with Crippen LogP contribution in [-0.2, 0) is 21.5 Å². The first-order valence-corrected chi connectivity index (χ1v) is 14.7. The van der Waals surface area contributed by atoms with E-state index in [1.165, 1.54) is 0 Å². The number of benzene rings is 2. The number of anilines is 2. The lowest BCUT2D eigenvalue weighted by molar-refractivity contribution is -0.535. The maximum Gasteiger partial charge on any atom is 0.439 e. The first kappa shape index (κ1) is 30.4. The SMILES string of the molecule is CC1(C(=O)NCc2cccc(-n3nc(C(C)(C)C)cc3NC(=O)Nc3ccc(Cl)cc3)c2)CC2(C)CC(C)(C1)[N+](=O)C2=O. The predicted octanol–water partition coefficient (Wildman–Crippen LogP) is 6.36. The van der Waals surface area contributed by atoms with E-state index in [0.717, 1.165) is 11.3 Å². The maximum absolute atomic E-state index is 13.5. The summed E-state index contributed by atoms with van der Waals surface area (Å²) in [6, 6.07) is 15.8. The Labute approximate surface area is 256 Å². The molecule has 3 aromatic rings.